The third-order valence-corrected chi connectivity index (χ3v) is 6.70. The van der Waals surface area contributed by atoms with Gasteiger partial charge in [0.25, 0.3) is 0 Å². The van der Waals surface area contributed by atoms with E-state index in [-0.39, 0.29) is 0 Å². The zero-order chi connectivity index (χ0) is 10.3. The molecule has 0 unspecified atom stereocenters. The normalized spacial score (nSPS) is 13.4. The fraction of sp³-hybridized carbons (Fsp3) is 0.600. The van der Waals surface area contributed by atoms with E-state index >= 15 is 0 Å². The van der Waals surface area contributed by atoms with Gasteiger partial charge in [0.05, 0.1) is 0 Å². The summed E-state index contributed by atoms with van der Waals surface area (Å²) in [5.41, 5.74) is -1.43. The van der Waals surface area contributed by atoms with Gasteiger partial charge >= 0.3 is 88.8 Å². The summed E-state index contributed by atoms with van der Waals surface area (Å²) in [6.45, 7) is 7.19. The van der Waals surface area contributed by atoms with Crippen LogP contribution < -0.4 is 0 Å². The SMILES string of the molecule is CC(C)(O)c1ccc(C(C)(C)O)[te]1. The molecule has 0 saturated heterocycles. The standard InChI is InChI=1S/C10H16O2Te/c1-9(2,11)7-5-6-8(13-7)10(3,4)12/h5-6,11-12H,1-4H3. The minimum absolute atomic E-state index is 0.532. The average Bonchev–Trinajstić information content (AvgIpc) is 2.28. The Morgan fingerprint density at radius 1 is 0.923 bits per heavy atom. The Morgan fingerprint density at radius 3 is 1.38 bits per heavy atom. The van der Waals surface area contributed by atoms with Crippen LogP contribution in [0.4, 0.5) is 0 Å². The second-order valence-corrected chi connectivity index (χ2v) is 7.38. The van der Waals surface area contributed by atoms with Crippen LogP contribution >= 0.6 is 0 Å². The molecule has 1 heterocycles. The third kappa shape index (κ3) is 2.82. The molecule has 1 rings (SSSR count). The second-order valence-electron chi connectivity index (χ2n) is 4.28. The van der Waals surface area contributed by atoms with Crippen LogP contribution in [0.2, 0.25) is 0 Å². The Hall–Kier alpha value is 0.190. The molecular formula is C10H16O2Te. The van der Waals surface area contributed by atoms with Crippen LogP contribution in [-0.4, -0.2) is 30.6 Å². The number of aliphatic hydroxyl groups is 2. The molecule has 0 bridgehead atoms. The molecule has 0 spiro atoms. The molecule has 0 aliphatic heterocycles. The van der Waals surface area contributed by atoms with Crippen molar-refractivity contribution in [2.75, 3.05) is 0 Å². The number of hydrogen-bond acceptors (Lipinski definition) is 2. The van der Waals surface area contributed by atoms with Gasteiger partial charge in [-0.05, 0) is 0 Å². The Balaban J connectivity index is 3.01. The van der Waals surface area contributed by atoms with Gasteiger partial charge in [0.15, 0.2) is 0 Å². The van der Waals surface area contributed by atoms with Gasteiger partial charge in [-0.25, -0.2) is 0 Å². The molecule has 0 radical (unpaired) electrons. The van der Waals surface area contributed by atoms with E-state index < -0.39 is 31.6 Å². The predicted molar refractivity (Wildman–Crippen MR) is 53.9 cm³/mol. The van der Waals surface area contributed by atoms with Crippen LogP contribution in [0.3, 0.4) is 0 Å². The molecule has 2 nitrogen and oxygen atoms in total. The Morgan fingerprint density at radius 2 is 1.23 bits per heavy atom. The first-order chi connectivity index (χ1) is 5.71. The summed E-state index contributed by atoms with van der Waals surface area (Å²) in [6.07, 6.45) is 0. The second kappa shape index (κ2) is 3.40. The molecule has 0 aliphatic rings. The van der Waals surface area contributed by atoms with Crippen molar-refractivity contribution >= 4 is 20.4 Å². The Labute approximate surface area is 88.8 Å². The van der Waals surface area contributed by atoms with E-state index in [0.717, 1.165) is 7.16 Å². The molecular weight excluding hydrogens is 280 g/mol. The van der Waals surface area contributed by atoms with E-state index in [9.17, 15) is 10.2 Å². The Kier molecular flexibility index (Phi) is 2.95. The summed E-state index contributed by atoms with van der Waals surface area (Å²) < 4.78 is 2.19. The summed E-state index contributed by atoms with van der Waals surface area (Å²) in [6, 6.07) is 3.91. The molecule has 0 aliphatic carbocycles. The van der Waals surface area contributed by atoms with Crippen LogP contribution in [0.25, 0.3) is 0 Å². The van der Waals surface area contributed by atoms with Gasteiger partial charge in [-0.2, -0.15) is 0 Å². The van der Waals surface area contributed by atoms with Crippen molar-refractivity contribution in [2.24, 2.45) is 0 Å². The van der Waals surface area contributed by atoms with Gasteiger partial charge in [0.2, 0.25) is 0 Å². The molecule has 74 valence electrons. The monoisotopic (exact) mass is 298 g/mol. The fourth-order valence-corrected chi connectivity index (χ4v) is 3.87. The van der Waals surface area contributed by atoms with Crippen LogP contribution in [0, 0.1) is 0 Å². The molecule has 0 atom stereocenters. The van der Waals surface area contributed by atoms with Crippen molar-refractivity contribution in [1.29, 1.82) is 0 Å². The topological polar surface area (TPSA) is 40.5 Å². The minimum atomic E-state index is -0.717. The van der Waals surface area contributed by atoms with Gasteiger partial charge in [-0.1, -0.05) is 0 Å². The molecule has 0 saturated carbocycles. The summed E-state index contributed by atoms with van der Waals surface area (Å²) in [4.78, 5) is 0. The molecule has 13 heavy (non-hydrogen) atoms. The van der Waals surface area contributed by atoms with E-state index in [1.54, 1.807) is 27.7 Å². The van der Waals surface area contributed by atoms with Gasteiger partial charge in [-0.15, -0.1) is 0 Å². The summed E-state index contributed by atoms with van der Waals surface area (Å²) in [5.74, 6) is 0. The molecule has 2 N–H and O–H groups in total. The van der Waals surface area contributed by atoms with E-state index in [1.807, 2.05) is 12.1 Å². The van der Waals surface area contributed by atoms with E-state index in [1.165, 1.54) is 0 Å². The van der Waals surface area contributed by atoms with E-state index in [0.29, 0.717) is 0 Å². The van der Waals surface area contributed by atoms with Crippen molar-refractivity contribution in [3.05, 3.63) is 19.3 Å². The number of hydrogen-bond donors (Lipinski definition) is 2. The van der Waals surface area contributed by atoms with Crippen molar-refractivity contribution in [1.82, 2.24) is 0 Å². The van der Waals surface area contributed by atoms with Gasteiger partial charge in [0.1, 0.15) is 0 Å². The van der Waals surface area contributed by atoms with Crippen molar-refractivity contribution < 1.29 is 10.2 Å². The summed E-state index contributed by atoms with van der Waals surface area (Å²) >= 11 is -0.532. The van der Waals surface area contributed by atoms with Gasteiger partial charge in [-0.3, -0.25) is 0 Å². The first-order valence-corrected chi connectivity index (χ1v) is 6.60. The molecule has 3 heteroatoms. The van der Waals surface area contributed by atoms with Crippen molar-refractivity contribution in [3.63, 3.8) is 0 Å². The fourth-order valence-electron chi connectivity index (χ4n) is 0.996. The third-order valence-electron chi connectivity index (χ3n) is 1.81. The molecule has 1 aromatic heterocycles. The zero-order valence-electron chi connectivity index (χ0n) is 8.46. The molecule has 0 aromatic carbocycles. The summed E-state index contributed by atoms with van der Waals surface area (Å²) in [5, 5.41) is 19.5. The summed E-state index contributed by atoms with van der Waals surface area (Å²) in [7, 11) is 0. The first-order valence-electron chi connectivity index (χ1n) is 4.27. The van der Waals surface area contributed by atoms with Crippen LogP contribution in [-0.2, 0) is 11.2 Å². The first kappa shape index (κ1) is 11.3. The maximum atomic E-state index is 9.75. The average molecular weight is 296 g/mol. The maximum absolute atomic E-state index is 9.75. The van der Waals surface area contributed by atoms with E-state index in [2.05, 4.69) is 0 Å². The van der Waals surface area contributed by atoms with Crippen LogP contribution in [0.1, 0.15) is 34.9 Å². The number of rotatable bonds is 2. The van der Waals surface area contributed by atoms with E-state index in [4.69, 9.17) is 0 Å². The molecule has 0 fully saturated rings. The quantitative estimate of drug-likeness (QED) is 0.805. The van der Waals surface area contributed by atoms with Crippen LogP contribution in [0.5, 0.6) is 0 Å². The van der Waals surface area contributed by atoms with Crippen molar-refractivity contribution in [3.8, 4) is 0 Å². The van der Waals surface area contributed by atoms with Crippen molar-refractivity contribution in [2.45, 2.75) is 38.9 Å². The Bertz CT molecular complexity index is 260. The molecule has 1 aromatic rings. The van der Waals surface area contributed by atoms with Crippen LogP contribution in [0.15, 0.2) is 12.1 Å². The molecule has 0 amide bonds. The predicted octanol–water partition coefficient (Wildman–Crippen LogP) is 1.20. The van der Waals surface area contributed by atoms with Gasteiger partial charge < -0.3 is 0 Å². The van der Waals surface area contributed by atoms with Gasteiger partial charge in [0, 0.05) is 0 Å². The zero-order valence-corrected chi connectivity index (χ0v) is 10.8.